The van der Waals surface area contributed by atoms with Gasteiger partial charge in [0.2, 0.25) is 11.7 Å². The number of hydrogen-bond acceptors (Lipinski definition) is 8. The van der Waals surface area contributed by atoms with Crippen LogP contribution < -0.4 is 19.5 Å². The summed E-state index contributed by atoms with van der Waals surface area (Å²) in [6.07, 6.45) is 0.417. The summed E-state index contributed by atoms with van der Waals surface area (Å²) in [6.45, 7) is 1.90. The lowest BCUT2D eigenvalue weighted by molar-refractivity contribution is -0.152. The maximum atomic E-state index is 13.9. The summed E-state index contributed by atoms with van der Waals surface area (Å²) in [4.78, 5) is 40.5. The maximum absolute atomic E-state index is 13.9. The van der Waals surface area contributed by atoms with Crippen molar-refractivity contribution in [1.82, 2.24) is 5.32 Å². The summed E-state index contributed by atoms with van der Waals surface area (Å²) >= 11 is 1.48. The van der Waals surface area contributed by atoms with Gasteiger partial charge in [-0.25, -0.2) is 0 Å². The van der Waals surface area contributed by atoms with E-state index in [0.29, 0.717) is 40.5 Å². The first kappa shape index (κ1) is 23.8. The number of rotatable bonds is 7. The Morgan fingerprint density at radius 1 is 1.09 bits per heavy atom. The van der Waals surface area contributed by atoms with Crippen molar-refractivity contribution in [2.75, 3.05) is 27.9 Å². The first-order valence-electron chi connectivity index (χ1n) is 11.0. The van der Waals surface area contributed by atoms with E-state index in [2.05, 4.69) is 5.32 Å². The molecule has 8 nitrogen and oxygen atoms in total. The number of methoxy groups -OCH3 is 3. The number of benzene rings is 1. The summed E-state index contributed by atoms with van der Waals surface area (Å²) in [5.74, 6) is -1.73. The lowest BCUT2D eigenvalue weighted by atomic mass is 9.69. The fourth-order valence-corrected chi connectivity index (χ4v) is 5.68. The molecule has 1 aliphatic heterocycles. The largest absolute Gasteiger partial charge is 0.493 e. The van der Waals surface area contributed by atoms with Gasteiger partial charge in [0.25, 0.3) is 0 Å². The highest BCUT2D eigenvalue weighted by molar-refractivity contribution is 7.10. The molecule has 34 heavy (non-hydrogen) atoms. The van der Waals surface area contributed by atoms with Crippen LogP contribution in [-0.4, -0.2) is 45.6 Å². The van der Waals surface area contributed by atoms with Crippen LogP contribution in [0.2, 0.25) is 0 Å². The predicted octanol–water partition coefficient (Wildman–Crippen LogP) is 3.57. The first-order chi connectivity index (χ1) is 16.4. The van der Waals surface area contributed by atoms with Crippen molar-refractivity contribution in [2.45, 2.75) is 31.6 Å². The molecule has 4 rings (SSSR count). The monoisotopic (exact) mass is 485 g/mol. The molecule has 0 spiro atoms. The molecule has 2 aromatic rings. The maximum Gasteiger partial charge on any atom is 0.317 e. The molecule has 1 aromatic heterocycles. The molecular weight excluding hydrogens is 458 g/mol. The fourth-order valence-electron chi connectivity index (χ4n) is 4.81. The van der Waals surface area contributed by atoms with Crippen LogP contribution in [0.1, 0.15) is 42.0 Å². The lowest BCUT2D eigenvalue weighted by Gasteiger charge is -2.37. The van der Waals surface area contributed by atoms with Gasteiger partial charge in [-0.1, -0.05) is 6.07 Å². The molecule has 2 aliphatic rings. The summed E-state index contributed by atoms with van der Waals surface area (Å²) < 4.78 is 21.7. The Kier molecular flexibility index (Phi) is 6.92. The number of allylic oxidation sites excluding steroid dienone is 2. The zero-order chi connectivity index (χ0) is 24.4. The number of hydrogen-bond donors (Lipinski definition) is 1. The Labute approximate surface area is 201 Å². The van der Waals surface area contributed by atoms with Gasteiger partial charge in [0.15, 0.2) is 17.3 Å². The van der Waals surface area contributed by atoms with Gasteiger partial charge in [0, 0.05) is 34.4 Å². The van der Waals surface area contributed by atoms with E-state index in [-0.39, 0.29) is 24.7 Å². The third kappa shape index (κ3) is 4.16. The van der Waals surface area contributed by atoms with E-state index >= 15 is 0 Å². The van der Waals surface area contributed by atoms with Crippen molar-refractivity contribution in [3.8, 4) is 17.2 Å². The third-order valence-electron chi connectivity index (χ3n) is 6.27. The van der Waals surface area contributed by atoms with E-state index in [1.54, 1.807) is 19.1 Å². The molecule has 1 aliphatic carbocycles. The van der Waals surface area contributed by atoms with Crippen molar-refractivity contribution in [3.63, 3.8) is 0 Å². The zero-order valence-corrected chi connectivity index (χ0v) is 20.3. The quantitative estimate of drug-likeness (QED) is 0.473. The number of thiophene rings is 1. The Hall–Kier alpha value is -3.33. The van der Waals surface area contributed by atoms with E-state index in [9.17, 15) is 14.4 Å². The van der Waals surface area contributed by atoms with Gasteiger partial charge in [0.1, 0.15) is 5.92 Å². The number of nitrogens with one attached hydrogen (secondary N) is 1. The highest BCUT2D eigenvalue weighted by Crippen LogP contribution is 2.48. The van der Waals surface area contributed by atoms with Gasteiger partial charge in [-0.15, -0.1) is 11.3 Å². The molecule has 1 aromatic carbocycles. The Morgan fingerprint density at radius 2 is 1.79 bits per heavy atom. The SMILES string of the molecule is CCOC(=O)C1C(=O)C2=C(CC1c1cccs1)NC(=O)CC2c1cc(OC)c(OC)c(OC)c1. The molecule has 3 atom stereocenters. The van der Waals surface area contributed by atoms with Crippen LogP contribution in [0.3, 0.4) is 0 Å². The second-order valence-electron chi connectivity index (χ2n) is 8.08. The van der Waals surface area contributed by atoms with Gasteiger partial charge >= 0.3 is 5.97 Å². The molecule has 180 valence electrons. The molecule has 2 heterocycles. The average Bonchev–Trinajstić information content (AvgIpc) is 3.37. The Bertz CT molecular complexity index is 1110. The van der Waals surface area contributed by atoms with Crippen molar-refractivity contribution < 1.29 is 33.3 Å². The predicted molar refractivity (Wildman–Crippen MR) is 125 cm³/mol. The molecule has 0 fully saturated rings. The van der Waals surface area contributed by atoms with E-state index in [1.807, 2.05) is 17.5 Å². The van der Waals surface area contributed by atoms with Crippen LogP contribution in [0.15, 0.2) is 40.9 Å². The summed E-state index contributed by atoms with van der Waals surface area (Å²) in [5.41, 5.74) is 1.65. The highest BCUT2D eigenvalue weighted by Gasteiger charge is 2.48. The molecule has 1 amide bonds. The number of carbonyl (C=O) groups excluding carboxylic acids is 3. The minimum Gasteiger partial charge on any atom is -0.493 e. The zero-order valence-electron chi connectivity index (χ0n) is 19.5. The van der Waals surface area contributed by atoms with Gasteiger partial charge in [-0.3, -0.25) is 14.4 Å². The van der Waals surface area contributed by atoms with Crippen LogP contribution >= 0.6 is 11.3 Å². The first-order valence-corrected chi connectivity index (χ1v) is 11.9. The number of ether oxygens (including phenoxy) is 4. The molecule has 1 N–H and O–H groups in total. The highest BCUT2D eigenvalue weighted by atomic mass is 32.1. The number of Topliss-reactive ketones (excluding diaryl/α,β-unsaturated/α-hetero) is 1. The Morgan fingerprint density at radius 3 is 2.35 bits per heavy atom. The average molecular weight is 486 g/mol. The van der Waals surface area contributed by atoms with Crippen LogP contribution in [0.25, 0.3) is 0 Å². The van der Waals surface area contributed by atoms with Gasteiger partial charge in [-0.2, -0.15) is 0 Å². The summed E-state index contributed by atoms with van der Waals surface area (Å²) in [6, 6.07) is 7.27. The van der Waals surface area contributed by atoms with E-state index < -0.39 is 23.7 Å². The minimum atomic E-state index is -0.975. The molecule has 0 saturated carbocycles. The van der Waals surface area contributed by atoms with Crippen molar-refractivity contribution in [2.24, 2.45) is 5.92 Å². The normalized spacial score (nSPS) is 22.1. The second-order valence-corrected chi connectivity index (χ2v) is 9.06. The summed E-state index contributed by atoms with van der Waals surface area (Å²) in [5, 5.41) is 4.80. The standard InChI is InChI=1S/C25H27NO7S/c1-5-33-25(29)22-15(19-7-6-8-34-19)11-16-21(23(22)28)14(12-20(27)26-16)13-9-17(30-2)24(32-4)18(10-13)31-3/h6-10,14-15,22H,5,11-12H2,1-4H3,(H,26,27). The van der Waals surface area contributed by atoms with Crippen LogP contribution in [0.5, 0.6) is 17.2 Å². The fraction of sp³-hybridized carbons (Fsp3) is 0.400. The van der Waals surface area contributed by atoms with Crippen molar-refractivity contribution in [3.05, 3.63) is 51.4 Å². The van der Waals surface area contributed by atoms with Crippen molar-refractivity contribution in [1.29, 1.82) is 0 Å². The smallest absolute Gasteiger partial charge is 0.317 e. The number of carbonyl (C=O) groups is 3. The molecule has 0 radical (unpaired) electrons. The number of amides is 1. The molecule has 3 unspecified atom stereocenters. The molecule has 9 heteroatoms. The van der Waals surface area contributed by atoms with E-state index in [4.69, 9.17) is 18.9 Å². The van der Waals surface area contributed by atoms with Crippen LogP contribution in [0, 0.1) is 5.92 Å². The van der Waals surface area contributed by atoms with E-state index in [1.165, 1.54) is 32.7 Å². The van der Waals surface area contributed by atoms with Crippen LogP contribution in [0.4, 0.5) is 0 Å². The number of esters is 1. The minimum absolute atomic E-state index is 0.0580. The lowest BCUT2D eigenvalue weighted by Crippen LogP contribution is -2.44. The third-order valence-corrected chi connectivity index (χ3v) is 7.27. The molecule has 0 saturated heterocycles. The molecule has 0 bridgehead atoms. The second kappa shape index (κ2) is 9.89. The van der Waals surface area contributed by atoms with Gasteiger partial charge in [-0.05, 0) is 42.5 Å². The van der Waals surface area contributed by atoms with E-state index in [0.717, 1.165) is 4.88 Å². The topological polar surface area (TPSA) is 100 Å². The van der Waals surface area contributed by atoms with Gasteiger partial charge < -0.3 is 24.3 Å². The van der Waals surface area contributed by atoms with Crippen LogP contribution in [-0.2, 0) is 19.1 Å². The molecular formula is C25H27NO7S. The summed E-state index contributed by atoms with van der Waals surface area (Å²) in [7, 11) is 4.52. The van der Waals surface area contributed by atoms with Gasteiger partial charge in [0.05, 0.1) is 27.9 Å². The van der Waals surface area contributed by atoms with Crippen molar-refractivity contribution >= 4 is 29.0 Å². The Balaban J connectivity index is 1.85. The number of ketones is 1.